The quantitative estimate of drug-likeness (QED) is 0.870. The SMILES string of the molecule is O=C(CO)N1CCC(O)(c2cccc(C(F)(F)F)c2)CC1. The van der Waals surface area contributed by atoms with Gasteiger partial charge in [0.15, 0.2) is 0 Å². The van der Waals surface area contributed by atoms with Crippen molar-refractivity contribution in [3.63, 3.8) is 0 Å². The molecule has 1 aliphatic heterocycles. The molecule has 1 amide bonds. The standard InChI is InChI=1S/C14H16F3NO3/c15-14(16,17)11-3-1-2-10(8-11)13(21)4-6-18(7-5-13)12(20)9-19/h1-3,8,19,21H,4-7,9H2. The van der Waals surface area contributed by atoms with E-state index in [9.17, 15) is 23.1 Å². The Morgan fingerprint density at radius 2 is 1.90 bits per heavy atom. The van der Waals surface area contributed by atoms with E-state index in [1.54, 1.807) is 0 Å². The Morgan fingerprint density at radius 1 is 1.29 bits per heavy atom. The van der Waals surface area contributed by atoms with Crippen LogP contribution in [0.2, 0.25) is 0 Å². The van der Waals surface area contributed by atoms with Crippen LogP contribution in [-0.4, -0.2) is 40.7 Å². The van der Waals surface area contributed by atoms with E-state index in [1.165, 1.54) is 17.0 Å². The second kappa shape index (κ2) is 5.65. The van der Waals surface area contributed by atoms with Gasteiger partial charge in [-0.2, -0.15) is 13.2 Å². The van der Waals surface area contributed by atoms with E-state index in [-0.39, 0.29) is 31.5 Å². The summed E-state index contributed by atoms with van der Waals surface area (Å²) in [6.07, 6.45) is -4.18. The van der Waals surface area contributed by atoms with Crippen molar-refractivity contribution in [2.45, 2.75) is 24.6 Å². The van der Waals surface area contributed by atoms with Crippen molar-refractivity contribution < 1.29 is 28.2 Å². The molecule has 0 bridgehead atoms. The summed E-state index contributed by atoms with van der Waals surface area (Å²) in [6.45, 7) is -0.208. The minimum Gasteiger partial charge on any atom is -0.387 e. The number of amides is 1. The van der Waals surface area contributed by atoms with Crippen LogP contribution in [0.25, 0.3) is 0 Å². The normalized spacial score (nSPS) is 18.6. The highest BCUT2D eigenvalue weighted by Gasteiger charge is 2.37. The molecule has 2 rings (SSSR count). The topological polar surface area (TPSA) is 60.8 Å². The van der Waals surface area contributed by atoms with Crippen molar-refractivity contribution in [3.8, 4) is 0 Å². The molecule has 0 spiro atoms. The first kappa shape index (κ1) is 15.8. The summed E-state index contributed by atoms with van der Waals surface area (Å²) in [5.41, 5.74) is -1.98. The van der Waals surface area contributed by atoms with Crippen molar-refractivity contribution in [1.29, 1.82) is 0 Å². The Kier molecular flexibility index (Phi) is 4.25. The zero-order chi connectivity index (χ0) is 15.7. The molecule has 0 aromatic heterocycles. The maximum absolute atomic E-state index is 12.7. The number of halogens is 3. The van der Waals surface area contributed by atoms with E-state index in [1.807, 2.05) is 0 Å². The Morgan fingerprint density at radius 3 is 2.43 bits per heavy atom. The van der Waals surface area contributed by atoms with Crippen LogP contribution in [0.3, 0.4) is 0 Å². The maximum Gasteiger partial charge on any atom is 0.416 e. The average molecular weight is 303 g/mol. The van der Waals surface area contributed by atoms with Crippen LogP contribution in [0, 0.1) is 0 Å². The van der Waals surface area contributed by atoms with Crippen molar-refractivity contribution in [1.82, 2.24) is 4.90 Å². The van der Waals surface area contributed by atoms with Gasteiger partial charge in [-0.25, -0.2) is 0 Å². The molecule has 0 unspecified atom stereocenters. The predicted octanol–water partition coefficient (Wildman–Crippen LogP) is 1.51. The number of likely N-dealkylation sites (tertiary alicyclic amines) is 1. The summed E-state index contributed by atoms with van der Waals surface area (Å²) < 4.78 is 38.1. The molecule has 116 valence electrons. The van der Waals surface area contributed by atoms with E-state index in [0.717, 1.165) is 12.1 Å². The number of hydrogen-bond acceptors (Lipinski definition) is 3. The summed E-state index contributed by atoms with van der Waals surface area (Å²) in [4.78, 5) is 12.7. The van der Waals surface area contributed by atoms with Gasteiger partial charge in [0.1, 0.15) is 6.61 Å². The summed E-state index contributed by atoms with van der Waals surface area (Å²) in [5.74, 6) is -0.443. The number of alkyl halides is 3. The second-order valence-corrected chi connectivity index (χ2v) is 5.15. The third kappa shape index (κ3) is 3.36. The van der Waals surface area contributed by atoms with Gasteiger partial charge in [0.25, 0.3) is 0 Å². The largest absolute Gasteiger partial charge is 0.416 e. The third-order valence-electron chi connectivity index (χ3n) is 3.81. The van der Waals surface area contributed by atoms with Gasteiger partial charge < -0.3 is 15.1 Å². The van der Waals surface area contributed by atoms with Crippen LogP contribution in [0.4, 0.5) is 13.2 Å². The summed E-state index contributed by atoms with van der Waals surface area (Å²) >= 11 is 0. The number of benzene rings is 1. The highest BCUT2D eigenvalue weighted by atomic mass is 19.4. The van der Waals surface area contributed by atoms with Gasteiger partial charge in [-0.05, 0) is 30.5 Å². The highest BCUT2D eigenvalue weighted by Crippen LogP contribution is 2.36. The molecular weight excluding hydrogens is 287 g/mol. The number of nitrogens with zero attached hydrogens (tertiary/aromatic N) is 1. The molecule has 1 saturated heterocycles. The second-order valence-electron chi connectivity index (χ2n) is 5.15. The molecule has 1 aromatic rings. The molecule has 7 heteroatoms. The Hall–Kier alpha value is -1.60. The minimum atomic E-state index is -4.46. The van der Waals surface area contributed by atoms with Gasteiger partial charge in [-0.15, -0.1) is 0 Å². The van der Waals surface area contributed by atoms with Crippen LogP contribution in [0.5, 0.6) is 0 Å². The fourth-order valence-corrected chi connectivity index (χ4v) is 2.50. The first-order valence-electron chi connectivity index (χ1n) is 6.55. The molecule has 0 radical (unpaired) electrons. The zero-order valence-electron chi connectivity index (χ0n) is 11.2. The van der Waals surface area contributed by atoms with Crippen molar-refractivity contribution in [2.24, 2.45) is 0 Å². The number of carbonyl (C=O) groups is 1. The Balaban J connectivity index is 2.17. The monoisotopic (exact) mass is 303 g/mol. The number of rotatable bonds is 2. The molecule has 1 fully saturated rings. The van der Waals surface area contributed by atoms with Crippen LogP contribution in [-0.2, 0) is 16.6 Å². The molecule has 4 nitrogen and oxygen atoms in total. The molecule has 0 saturated carbocycles. The number of aliphatic hydroxyl groups excluding tert-OH is 1. The minimum absolute atomic E-state index is 0.139. The van der Waals surface area contributed by atoms with Gasteiger partial charge >= 0.3 is 6.18 Å². The lowest BCUT2D eigenvalue weighted by atomic mass is 9.83. The summed E-state index contributed by atoms with van der Waals surface area (Å²) in [7, 11) is 0. The Bertz CT molecular complexity index is 522. The number of hydrogen-bond donors (Lipinski definition) is 2. The summed E-state index contributed by atoms with van der Waals surface area (Å²) in [6, 6.07) is 4.63. The zero-order valence-corrected chi connectivity index (χ0v) is 11.2. The molecule has 1 heterocycles. The van der Waals surface area contributed by atoms with Gasteiger partial charge in [0.05, 0.1) is 11.2 Å². The third-order valence-corrected chi connectivity index (χ3v) is 3.81. The molecule has 21 heavy (non-hydrogen) atoms. The first-order chi connectivity index (χ1) is 9.76. The lowest BCUT2D eigenvalue weighted by molar-refractivity contribution is -0.138. The average Bonchev–Trinajstić information content (AvgIpc) is 2.46. The van der Waals surface area contributed by atoms with Crippen LogP contribution in [0.1, 0.15) is 24.0 Å². The van der Waals surface area contributed by atoms with Crippen LogP contribution >= 0.6 is 0 Å². The van der Waals surface area contributed by atoms with Crippen molar-refractivity contribution in [3.05, 3.63) is 35.4 Å². The van der Waals surface area contributed by atoms with E-state index in [0.29, 0.717) is 0 Å². The highest BCUT2D eigenvalue weighted by molar-refractivity contribution is 5.77. The molecule has 0 aliphatic carbocycles. The lowest BCUT2D eigenvalue weighted by Gasteiger charge is -2.38. The van der Waals surface area contributed by atoms with Gasteiger partial charge in [-0.1, -0.05) is 12.1 Å². The lowest BCUT2D eigenvalue weighted by Crippen LogP contribution is -2.46. The maximum atomic E-state index is 12.7. The predicted molar refractivity (Wildman–Crippen MR) is 68.2 cm³/mol. The number of aliphatic hydroxyl groups is 2. The molecule has 1 aliphatic rings. The van der Waals surface area contributed by atoms with Gasteiger partial charge in [-0.3, -0.25) is 4.79 Å². The van der Waals surface area contributed by atoms with Crippen LogP contribution < -0.4 is 0 Å². The van der Waals surface area contributed by atoms with E-state index in [4.69, 9.17) is 5.11 Å². The Labute approximate surface area is 119 Å². The van der Waals surface area contributed by atoms with E-state index >= 15 is 0 Å². The fourth-order valence-electron chi connectivity index (χ4n) is 2.50. The van der Waals surface area contributed by atoms with Crippen molar-refractivity contribution >= 4 is 5.91 Å². The number of piperidine rings is 1. The van der Waals surface area contributed by atoms with Crippen molar-refractivity contribution in [2.75, 3.05) is 19.7 Å². The van der Waals surface area contributed by atoms with Gasteiger partial charge in [0, 0.05) is 13.1 Å². The molecule has 1 aromatic carbocycles. The smallest absolute Gasteiger partial charge is 0.387 e. The fraction of sp³-hybridized carbons (Fsp3) is 0.500. The van der Waals surface area contributed by atoms with Crippen LogP contribution in [0.15, 0.2) is 24.3 Å². The van der Waals surface area contributed by atoms with E-state index in [2.05, 4.69) is 0 Å². The molecule has 0 atom stereocenters. The molecule has 2 N–H and O–H groups in total. The molecular formula is C14H16F3NO3. The van der Waals surface area contributed by atoms with E-state index < -0.39 is 29.9 Å². The number of carbonyl (C=O) groups excluding carboxylic acids is 1. The first-order valence-corrected chi connectivity index (χ1v) is 6.55. The van der Waals surface area contributed by atoms with Gasteiger partial charge in [0.2, 0.25) is 5.91 Å². The summed E-state index contributed by atoms with van der Waals surface area (Å²) in [5, 5.41) is 19.3.